The highest BCUT2D eigenvalue weighted by Crippen LogP contribution is 2.30. The van der Waals surface area contributed by atoms with E-state index in [1.54, 1.807) is 18.4 Å². The highest BCUT2D eigenvalue weighted by atomic mass is 79.9. The predicted molar refractivity (Wildman–Crippen MR) is 84.7 cm³/mol. The number of aromatic nitrogens is 3. The summed E-state index contributed by atoms with van der Waals surface area (Å²) in [6, 6.07) is 0. The molecule has 0 aliphatic heterocycles. The molecule has 5 nitrogen and oxygen atoms in total. The Kier molecular flexibility index (Phi) is 4.41. The molecular formula is C13H17BrN4OS. The molecule has 20 heavy (non-hydrogen) atoms. The first-order chi connectivity index (χ1) is 9.32. The molecule has 0 radical (unpaired) electrons. The molecule has 2 rings (SSSR count). The first-order valence-corrected chi connectivity index (χ1v) is 7.77. The van der Waals surface area contributed by atoms with E-state index in [9.17, 15) is 0 Å². The van der Waals surface area contributed by atoms with Crippen molar-refractivity contribution in [2.45, 2.75) is 32.8 Å². The van der Waals surface area contributed by atoms with E-state index in [1.807, 2.05) is 5.38 Å². The van der Waals surface area contributed by atoms with E-state index in [2.05, 4.69) is 51.7 Å². The number of nitrogens with two attached hydrogens (primary N) is 1. The van der Waals surface area contributed by atoms with Crippen molar-refractivity contribution in [3.8, 4) is 11.5 Å². The molecule has 7 heteroatoms. The number of anilines is 1. The van der Waals surface area contributed by atoms with Gasteiger partial charge in [0.25, 0.3) is 0 Å². The summed E-state index contributed by atoms with van der Waals surface area (Å²) < 4.78 is 5.80. The van der Waals surface area contributed by atoms with Crippen LogP contribution in [0.5, 0.6) is 0 Å². The van der Waals surface area contributed by atoms with Crippen LogP contribution in [0.15, 0.2) is 9.85 Å². The van der Waals surface area contributed by atoms with Gasteiger partial charge in [-0.25, -0.2) is 15.0 Å². The standard InChI is InChI=1S/C13H17BrN4OS/c1-13(2,3)12-17-8(6-20-12)11-16-7(5-19-4)9(14)10(15)18-11/h6H,5H2,1-4H3,(H2,15,16,18). The molecule has 0 atom stereocenters. The monoisotopic (exact) mass is 356 g/mol. The molecule has 0 spiro atoms. The summed E-state index contributed by atoms with van der Waals surface area (Å²) in [6.45, 7) is 6.75. The minimum atomic E-state index is 0.0131. The second-order valence-corrected chi connectivity index (χ2v) is 7.07. The molecule has 0 unspecified atom stereocenters. The van der Waals surface area contributed by atoms with Crippen molar-refractivity contribution >= 4 is 33.1 Å². The number of rotatable bonds is 3. The van der Waals surface area contributed by atoms with Crippen LogP contribution >= 0.6 is 27.3 Å². The minimum absolute atomic E-state index is 0.0131. The molecule has 0 bridgehead atoms. The van der Waals surface area contributed by atoms with Crippen LogP contribution < -0.4 is 5.73 Å². The van der Waals surface area contributed by atoms with Crippen molar-refractivity contribution in [1.29, 1.82) is 0 Å². The first kappa shape index (κ1) is 15.3. The molecule has 2 N–H and O–H groups in total. The summed E-state index contributed by atoms with van der Waals surface area (Å²) in [5, 5.41) is 3.01. The lowest BCUT2D eigenvalue weighted by Crippen LogP contribution is -2.10. The third-order valence-corrected chi connectivity index (χ3v) is 4.73. The van der Waals surface area contributed by atoms with Gasteiger partial charge in [0, 0.05) is 17.9 Å². The molecule has 0 aliphatic rings. The number of thiazole rings is 1. The van der Waals surface area contributed by atoms with Gasteiger partial charge >= 0.3 is 0 Å². The molecule has 108 valence electrons. The van der Waals surface area contributed by atoms with Crippen LogP contribution in [0.2, 0.25) is 0 Å². The Morgan fingerprint density at radius 1 is 1.30 bits per heavy atom. The molecule has 0 saturated carbocycles. The smallest absolute Gasteiger partial charge is 0.181 e. The molecule has 2 heterocycles. The number of ether oxygens (including phenoxy) is 1. The summed E-state index contributed by atoms with van der Waals surface area (Å²) in [4.78, 5) is 13.4. The van der Waals surface area contributed by atoms with Gasteiger partial charge in [0.2, 0.25) is 0 Å². The summed E-state index contributed by atoms with van der Waals surface area (Å²) in [6.07, 6.45) is 0. The molecule has 2 aromatic rings. The molecule has 0 saturated heterocycles. The van der Waals surface area contributed by atoms with Gasteiger partial charge in [0.15, 0.2) is 5.82 Å². The van der Waals surface area contributed by atoms with E-state index in [4.69, 9.17) is 10.5 Å². The van der Waals surface area contributed by atoms with E-state index >= 15 is 0 Å². The predicted octanol–water partition coefficient (Wildman–Crippen LogP) is 3.39. The zero-order valence-corrected chi connectivity index (χ0v) is 14.3. The lowest BCUT2D eigenvalue weighted by molar-refractivity contribution is 0.181. The quantitative estimate of drug-likeness (QED) is 0.912. The third-order valence-electron chi connectivity index (χ3n) is 2.60. The number of hydrogen-bond acceptors (Lipinski definition) is 6. The van der Waals surface area contributed by atoms with Gasteiger partial charge in [0.1, 0.15) is 11.5 Å². The van der Waals surface area contributed by atoms with Gasteiger partial charge in [-0.2, -0.15) is 0 Å². The maximum absolute atomic E-state index is 5.90. The molecule has 0 amide bonds. The van der Waals surface area contributed by atoms with Crippen molar-refractivity contribution in [1.82, 2.24) is 15.0 Å². The van der Waals surface area contributed by atoms with Gasteiger partial charge in [-0.15, -0.1) is 11.3 Å². The average molecular weight is 357 g/mol. The SMILES string of the molecule is COCc1nc(-c2csc(C(C)(C)C)n2)nc(N)c1Br. The third kappa shape index (κ3) is 3.16. The Morgan fingerprint density at radius 3 is 2.55 bits per heavy atom. The topological polar surface area (TPSA) is 73.9 Å². The van der Waals surface area contributed by atoms with E-state index < -0.39 is 0 Å². The zero-order chi connectivity index (χ0) is 14.9. The van der Waals surface area contributed by atoms with Crippen LogP contribution in [0, 0.1) is 0 Å². The molecule has 2 aromatic heterocycles. The lowest BCUT2D eigenvalue weighted by Gasteiger charge is -2.13. The van der Waals surface area contributed by atoms with Crippen molar-refractivity contribution in [3.63, 3.8) is 0 Å². The van der Waals surface area contributed by atoms with E-state index in [0.717, 1.165) is 16.4 Å². The maximum Gasteiger partial charge on any atom is 0.181 e. The Morgan fingerprint density at radius 2 is 2.00 bits per heavy atom. The Balaban J connectivity index is 2.45. The van der Waals surface area contributed by atoms with E-state index in [1.165, 1.54) is 0 Å². The molecular weight excluding hydrogens is 340 g/mol. The van der Waals surface area contributed by atoms with Gasteiger partial charge in [-0.3, -0.25) is 0 Å². The normalized spacial score (nSPS) is 11.8. The number of hydrogen-bond donors (Lipinski definition) is 1. The largest absolute Gasteiger partial charge is 0.383 e. The van der Waals surface area contributed by atoms with Crippen LogP contribution in [-0.4, -0.2) is 22.1 Å². The number of nitrogen functional groups attached to an aromatic ring is 1. The Hall–Kier alpha value is -1.05. The summed E-state index contributed by atoms with van der Waals surface area (Å²) in [7, 11) is 1.62. The van der Waals surface area contributed by atoms with Crippen LogP contribution in [0.4, 0.5) is 5.82 Å². The van der Waals surface area contributed by atoms with E-state index in [0.29, 0.717) is 22.7 Å². The average Bonchev–Trinajstić information content (AvgIpc) is 2.84. The van der Waals surface area contributed by atoms with Crippen molar-refractivity contribution in [2.24, 2.45) is 0 Å². The van der Waals surface area contributed by atoms with Crippen LogP contribution in [0.3, 0.4) is 0 Å². The number of nitrogens with zero attached hydrogens (tertiary/aromatic N) is 3. The Labute approximate surface area is 130 Å². The fraction of sp³-hybridized carbons (Fsp3) is 0.462. The van der Waals surface area contributed by atoms with Gasteiger partial charge in [-0.1, -0.05) is 20.8 Å². The zero-order valence-electron chi connectivity index (χ0n) is 11.9. The van der Waals surface area contributed by atoms with Gasteiger partial charge in [-0.05, 0) is 15.9 Å². The molecule has 0 fully saturated rings. The van der Waals surface area contributed by atoms with Crippen molar-refractivity contribution in [3.05, 3.63) is 20.6 Å². The summed E-state index contributed by atoms with van der Waals surface area (Å²) >= 11 is 4.98. The molecule has 0 aromatic carbocycles. The minimum Gasteiger partial charge on any atom is -0.383 e. The highest BCUT2D eigenvalue weighted by Gasteiger charge is 2.20. The van der Waals surface area contributed by atoms with Crippen LogP contribution in [0.25, 0.3) is 11.5 Å². The molecule has 0 aliphatic carbocycles. The lowest BCUT2D eigenvalue weighted by atomic mass is 9.98. The van der Waals surface area contributed by atoms with Crippen LogP contribution in [0.1, 0.15) is 31.5 Å². The van der Waals surface area contributed by atoms with Crippen molar-refractivity contribution in [2.75, 3.05) is 12.8 Å². The first-order valence-electron chi connectivity index (χ1n) is 6.10. The highest BCUT2D eigenvalue weighted by molar-refractivity contribution is 9.10. The van der Waals surface area contributed by atoms with Crippen molar-refractivity contribution < 1.29 is 4.74 Å². The summed E-state index contributed by atoms with van der Waals surface area (Å²) in [5.41, 5.74) is 7.39. The van der Waals surface area contributed by atoms with E-state index in [-0.39, 0.29) is 5.41 Å². The maximum atomic E-state index is 5.90. The fourth-order valence-electron chi connectivity index (χ4n) is 1.58. The number of halogens is 1. The van der Waals surface area contributed by atoms with Crippen LogP contribution in [-0.2, 0) is 16.8 Å². The fourth-order valence-corrected chi connectivity index (χ4v) is 2.76. The Bertz CT molecular complexity index is 621. The second-order valence-electron chi connectivity index (χ2n) is 5.41. The summed E-state index contributed by atoms with van der Waals surface area (Å²) in [5.74, 6) is 0.928. The van der Waals surface area contributed by atoms with Gasteiger partial charge in [0.05, 0.1) is 21.8 Å². The second kappa shape index (κ2) is 5.75. The van der Waals surface area contributed by atoms with Gasteiger partial charge < -0.3 is 10.5 Å². The number of methoxy groups -OCH3 is 1.